The van der Waals surface area contributed by atoms with E-state index >= 15 is 0 Å². The summed E-state index contributed by atoms with van der Waals surface area (Å²) in [6.45, 7) is 1.64. The molecule has 0 aromatic heterocycles. The normalized spacial score (nSPS) is 15.9. The number of benzene rings is 2. The van der Waals surface area contributed by atoms with Crippen LogP contribution in [0, 0.1) is 0 Å². The number of rotatable bonds is 5. The SMILES string of the molecule is CCCCN1C(=O)C(=O)N(CC(=O)N2c3ccccc3CCc3ccccc32)C1=O. The van der Waals surface area contributed by atoms with Crippen molar-refractivity contribution in [2.45, 2.75) is 32.6 Å². The highest BCUT2D eigenvalue weighted by Crippen LogP contribution is 2.36. The number of unbranched alkanes of at least 4 members (excludes halogenated alkanes) is 1. The Morgan fingerprint density at radius 2 is 1.37 bits per heavy atom. The number of carbonyl (C=O) groups is 4. The van der Waals surface area contributed by atoms with E-state index in [2.05, 4.69) is 0 Å². The standard InChI is InChI=1S/C23H23N3O4/c1-2-3-14-24-21(28)22(29)25(23(24)30)15-20(27)26-18-10-6-4-8-16(18)12-13-17-9-5-7-11-19(17)26/h4-11H,2-3,12-15H2,1H3. The minimum Gasteiger partial charge on any atom is -0.279 e. The molecule has 0 aliphatic carbocycles. The number of urea groups is 1. The average Bonchev–Trinajstić information content (AvgIpc) is 2.89. The van der Waals surface area contributed by atoms with Gasteiger partial charge < -0.3 is 0 Å². The number of fused-ring (bicyclic) bond motifs is 2. The lowest BCUT2D eigenvalue weighted by Gasteiger charge is -2.26. The van der Waals surface area contributed by atoms with Crippen LogP contribution in [0.15, 0.2) is 48.5 Å². The van der Waals surface area contributed by atoms with Crippen LogP contribution in [-0.4, -0.2) is 46.6 Å². The minimum absolute atomic E-state index is 0.181. The molecule has 30 heavy (non-hydrogen) atoms. The third-order valence-corrected chi connectivity index (χ3v) is 5.54. The molecule has 0 bridgehead atoms. The van der Waals surface area contributed by atoms with E-state index in [4.69, 9.17) is 0 Å². The van der Waals surface area contributed by atoms with Crippen molar-refractivity contribution in [2.75, 3.05) is 18.0 Å². The van der Waals surface area contributed by atoms with E-state index in [-0.39, 0.29) is 6.54 Å². The Balaban J connectivity index is 1.66. The smallest absolute Gasteiger partial charge is 0.279 e. The molecule has 2 aliphatic rings. The van der Waals surface area contributed by atoms with Gasteiger partial charge in [-0.1, -0.05) is 49.7 Å². The molecule has 0 spiro atoms. The molecular weight excluding hydrogens is 382 g/mol. The van der Waals surface area contributed by atoms with Crippen LogP contribution >= 0.6 is 0 Å². The number of aryl methyl sites for hydroxylation is 2. The molecule has 0 unspecified atom stereocenters. The van der Waals surface area contributed by atoms with Crippen LogP contribution in [0.1, 0.15) is 30.9 Å². The Labute approximate surface area is 174 Å². The van der Waals surface area contributed by atoms with Crippen molar-refractivity contribution < 1.29 is 19.2 Å². The molecule has 7 heteroatoms. The monoisotopic (exact) mass is 405 g/mol. The van der Waals surface area contributed by atoms with Crippen molar-refractivity contribution >= 4 is 35.1 Å². The summed E-state index contributed by atoms with van der Waals surface area (Å²) in [6, 6.07) is 14.5. The topological polar surface area (TPSA) is 78.0 Å². The molecule has 0 atom stereocenters. The second-order valence-electron chi connectivity index (χ2n) is 7.47. The van der Waals surface area contributed by atoms with Gasteiger partial charge in [0.2, 0.25) is 0 Å². The first-order valence-corrected chi connectivity index (χ1v) is 10.2. The molecule has 1 saturated heterocycles. The van der Waals surface area contributed by atoms with Crippen molar-refractivity contribution in [3.63, 3.8) is 0 Å². The first-order chi connectivity index (χ1) is 14.5. The molecule has 2 aliphatic heterocycles. The molecule has 7 nitrogen and oxygen atoms in total. The van der Waals surface area contributed by atoms with E-state index < -0.39 is 30.3 Å². The molecule has 2 heterocycles. The van der Waals surface area contributed by atoms with Gasteiger partial charge in [-0.3, -0.25) is 24.2 Å². The van der Waals surface area contributed by atoms with Gasteiger partial charge in [0.1, 0.15) is 6.54 Å². The maximum Gasteiger partial charge on any atom is 0.334 e. The summed E-state index contributed by atoms with van der Waals surface area (Å²) >= 11 is 0. The molecule has 2 aromatic carbocycles. The lowest BCUT2D eigenvalue weighted by atomic mass is 10.0. The van der Waals surface area contributed by atoms with E-state index in [1.165, 1.54) is 0 Å². The second kappa shape index (κ2) is 8.10. The Hall–Kier alpha value is -3.48. The summed E-state index contributed by atoms with van der Waals surface area (Å²) in [5, 5.41) is 0. The van der Waals surface area contributed by atoms with Crippen LogP contribution in [0.5, 0.6) is 0 Å². The maximum absolute atomic E-state index is 13.4. The summed E-state index contributed by atoms with van der Waals surface area (Å²) in [6.07, 6.45) is 2.95. The van der Waals surface area contributed by atoms with Crippen molar-refractivity contribution in [3.8, 4) is 0 Å². The number of amides is 5. The zero-order chi connectivity index (χ0) is 21.3. The van der Waals surface area contributed by atoms with Gasteiger partial charge in [-0.05, 0) is 42.5 Å². The highest BCUT2D eigenvalue weighted by atomic mass is 16.2. The number of para-hydroxylation sites is 2. The molecular formula is C23H23N3O4. The second-order valence-corrected chi connectivity index (χ2v) is 7.47. The van der Waals surface area contributed by atoms with Crippen LogP contribution in [0.2, 0.25) is 0 Å². The summed E-state index contributed by atoms with van der Waals surface area (Å²) in [5.74, 6) is -2.23. The lowest BCUT2D eigenvalue weighted by Crippen LogP contribution is -2.42. The van der Waals surface area contributed by atoms with E-state index in [1.54, 1.807) is 4.90 Å². The van der Waals surface area contributed by atoms with Crippen molar-refractivity contribution in [1.29, 1.82) is 0 Å². The zero-order valence-electron chi connectivity index (χ0n) is 16.8. The van der Waals surface area contributed by atoms with E-state index in [9.17, 15) is 19.2 Å². The van der Waals surface area contributed by atoms with Gasteiger partial charge in [0.15, 0.2) is 0 Å². The minimum atomic E-state index is -0.944. The van der Waals surface area contributed by atoms with Gasteiger partial charge in [0.25, 0.3) is 5.91 Å². The van der Waals surface area contributed by atoms with Crippen molar-refractivity contribution in [3.05, 3.63) is 59.7 Å². The Morgan fingerprint density at radius 3 is 1.93 bits per heavy atom. The largest absolute Gasteiger partial charge is 0.334 e. The third-order valence-electron chi connectivity index (χ3n) is 5.54. The molecule has 0 saturated carbocycles. The van der Waals surface area contributed by atoms with Crippen LogP contribution in [0.4, 0.5) is 16.2 Å². The molecule has 0 N–H and O–H groups in total. The number of anilines is 2. The predicted octanol–water partition coefficient (Wildman–Crippen LogP) is 3.04. The van der Waals surface area contributed by atoms with Crippen LogP contribution in [-0.2, 0) is 27.2 Å². The fourth-order valence-corrected chi connectivity index (χ4v) is 3.96. The zero-order valence-corrected chi connectivity index (χ0v) is 16.8. The number of nitrogens with zero attached hydrogens (tertiary/aromatic N) is 3. The number of carbonyl (C=O) groups excluding carboxylic acids is 4. The fourth-order valence-electron chi connectivity index (χ4n) is 3.96. The number of hydrogen-bond donors (Lipinski definition) is 0. The molecule has 0 radical (unpaired) electrons. The van der Waals surface area contributed by atoms with Crippen LogP contribution < -0.4 is 4.90 Å². The fraction of sp³-hybridized carbons (Fsp3) is 0.304. The van der Waals surface area contributed by atoms with Crippen molar-refractivity contribution in [2.24, 2.45) is 0 Å². The van der Waals surface area contributed by atoms with E-state index in [0.717, 1.165) is 51.6 Å². The van der Waals surface area contributed by atoms with Gasteiger partial charge in [-0.15, -0.1) is 0 Å². The maximum atomic E-state index is 13.4. The van der Waals surface area contributed by atoms with Gasteiger partial charge in [-0.2, -0.15) is 0 Å². The summed E-state index contributed by atoms with van der Waals surface area (Å²) < 4.78 is 0. The predicted molar refractivity (Wildman–Crippen MR) is 111 cm³/mol. The lowest BCUT2D eigenvalue weighted by molar-refractivity contribution is -0.143. The Bertz CT molecular complexity index is 985. The first kappa shape index (κ1) is 19.8. The molecule has 4 rings (SSSR count). The number of hydrogen-bond acceptors (Lipinski definition) is 4. The highest BCUT2D eigenvalue weighted by molar-refractivity contribution is 6.45. The molecule has 1 fully saturated rings. The van der Waals surface area contributed by atoms with Gasteiger partial charge in [-0.25, -0.2) is 9.69 Å². The van der Waals surface area contributed by atoms with E-state index in [0.29, 0.717) is 6.42 Å². The third kappa shape index (κ3) is 3.36. The van der Waals surface area contributed by atoms with E-state index in [1.807, 2.05) is 55.5 Å². The van der Waals surface area contributed by atoms with Gasteiger partial charge in [0, 0.05) is 6.54 Å². The van der Waals surface area contributed by atoms with Gasteiger partial charge in [0.05, 0.1) is 11.4 Å². The van der Waals surface area contributed by atoms with Crippen molar-refractivity contribution in [1.82, 2.24) is 9.80 Å². The quantitative estimate of drug-likeness (QED) is 0.566. The Kier molecular flexibility index (Phi) is 5.35. The molecule has 2 aromatic rings. The molecule has 154 valence electrons. The van der Waals surface area contributed by atoms with Crippen LogP contribution in [0.25, 0.3) is 0 Å². The first-order valence-electron chi connectivity index (χ1n) is 10.2. The number of imide groups is 2. The van der Waals surface area contributed by atoms with Crippen LogP contribution in [0.3, 0.4) is 0 Å². The summed E-state index contributed by atoms with van der Waals surface area (Å²) in [5.41, 5.74) is 3.50. The highest BCUT2D eigenvalue weighted by Gasteiger charge is 2.45. The summed E-state index contributed by atoms with van der Waals surface area (Å²) in [4.78, 5) is 54.0. The Morgan fingerprint density at radius 1 is 0.833 bits per heavy atom. The average molecular weight is 405 g/mol. The molecule has 5 amide bonds. The summed E-state index contributed by atoms with van der Waals surface area (Å²) in [7, 11) is 0. The van der Waals surface area contributed by atoms with Gasteiger partial charge >= 0.3 is 17.8 Å².